The van der Waals surface area contributed by atoms with E-state index >= 15 is 0 Å². The molecule has 1 saturated carbocycles. The monoisotopic (exact) mass is 303 g/mol. The van der Waals surface area contributed by atoms with Gasteiger partial charge in [-0.3, -0.25) is 0 Å². The largest absolute Gasteiger partial charge is 0.341 e. The van der Waals surface area contributed by atoms with E-state index in [2.05, 4.69) is 51.4 Å². The third-order valence-corrected chi connectivity index (χ3v) is 3.39. The van der Waals surface area contributed by atoms with Gasteiger partial charge in [0.05, 0.1) is 0 Å². The van der Waals surface area contributed by atoms with E-state index < -0.39 is 0 Å². The Morgan fingerprint density at radius 3 is 2.50 bits per heavy atom. The van der Waals surface area contributed by atoms with Crippen LogP contribution in [0.15, 0.2) is 12.4 Å². The Balaban J connectivity index is 2.09. The average molecular weight is 303 g/mol. The van der Waals surface area contributed by atoms with Gasteiger partial charge < -0.3 is 4.90 Å². The van der Waals surface area contributed by atoms with E-state index in [9.17, 15) is 0 Å². The fraction of sp³-hybridized carbons (Fsp3) is 0.600. The number of anilines is 1. The molecular weight excluding hydrogens is 289 g/mol. The zero-order valence-electron chi connectivity index (χ0n) is 8.44. The second kappa shape index (κ2) is 4.00. The summed E-state index contributed by atoms with van der Waals surface area (Å²) in [4.78, 5) is 10.8. The van der Waals surface area contributed by atoms with Gasteiger partial charge in [-0.05, 0) is 48.3 Å². The van der Waals surface area contributed by atoms with Crippen LogP contribution in [0.25, 0.3) is 0 Å². The summed E-state index contributed by atoms with van der Waals surface area (Å²) in [5.74, 6) is 1.69. The van der Waals surface area contributed by atoms with E-state index in [-0.39, 0.29) is 0 Å². The predicted octanol–water partition coefficient (Wildman–Crippen LogP) is 2.32. The first-order chi connectivity index (χ1) is 6.68. The number of rotatable bonds is 3. The summed E-state index contributed by atoms with van der Waals surface area (Å²) >= 11 is 2.22. The molecule has 1 aromatic heterocycles. The molecule has 1 aliphatic carbocycles. The van der Waals surface area contributed by atoms with E-state index in [1.54, 1.807) is 0 Å². The average Bonchev–Trinajstić information content (AvgIpc) is 3.00. The summed E-state index contributed by atoms with van der Waals surface area (Å²) in [6.07, 6.45) is 6.43. The third kappa shape index (κ3) is 2.16. The van der Waals surface area contributed by atoms with Crippen LogP contribution in [0.4, 0.5) is 5.95 Å². The summed E-state index contributed by atoms with van der Waals surface area (Å²) in [7, 11) is 2.07. The Morgan fingerprint density at radius 2 is 2.00 bits per heavy atom. The molecule has 1 aliphatic rings. The normalized spacial score (nSPS) is 17.9. The van der Waals surface area contributed by atoms with Crippen molar-refractivity contribution >= 4 is 28.5 Å². The van der Waals surface area contributed by atoms with Gasteiger partial charge in [-0.25, -0.2) is 9.97 Å². The number of aromatic nitrogens is 2. The minimum absolute atomic E-state index is 0.565. The minimum atomic E-state index is 0.565. The molecule has 1 fully saturated rings. The van der Waals surface area contributed by atoms with E-state index in [0.717, 1.165) is 15.4 Å². The van der Waals surface area contributed by atoms with Gasteiger partial charge in [0.1, 0.15) is 0 Å². The highest BCUT2D eigenvalue weighted by molar-refractivity contribution is 14.1. The highest BCUT2D eigenvalue weighted by atomic mass is 127. The lowest BCUT2D eigenvalue weighted by Crippen LogP contribution is -2.31. The van der Waals surface area contributed by atoms with Crippen molar-refractivity contribution in [2.24, 2.45) is 5.92 Å². The third-order valence-electron chi connectivity index (χ3n) is 2.84. The summed E-state index contributed by atoms with van der Waals surface area (Å²) in [5, 5.41) is 0. The number of nitrogens with zero attached hydrogens (tertiary/aromatic N) is 3. The first-order valence-electron chi connectivity index (χ1n) is 4.89. The van der Waals surface area contributed by atoms with Crippen LogP contribution in [-0.2, 0) is 0 Å². The second-order valence-corrected chi connectivity index (χ2v) is 5.14. The van der Waals surface area contributed by atoms with Crippen LogP contribution in [0.1, 0.15) is 19.8 Å². The molecule has 14 heavy (non-hydrogen) atoms. The lowest BCUT2D eigenvalue weighted by molar-refractivity contribution is 0.597. The van der Waals surface area contributed by atoms with Crippen molar-refractivity contribution in [2.75, 3.05) is 11.9 Å². The molecule has 1 heterocycles. The number of hydrogen-bond acceptors (Lipinski definition) is 3. The Bertz CT molecular complexity index is 308. The van der Waals surface area contributed by atoms with Gasteiger partial charge in [0.15, 0.2) is 0 Å². The van der Waals surface area contributed by atoms with Crippen molar-refractivity contribution in [3.63, 3.8) is 0 Å². The summed E-state index contributed by atoms with van der Waals surface area (Å²) in [6, 6.07) is 0.565. The molecule has 1 atom stereocenters. The van der Waals surface area contributed by atoms with Gasteiger partial charge >= 0.3 is 0 Å². The maximum absolute atomic E-state index is 4.32. The molecule has 1 aromatic rings. The van der Waals surface area contributed by atoms with Crippen LogP contribution in [-0.4, -0.2) is 23.1 Å². The van der Waals surface area contributed by atoms with Gasteiger partial charge in [0.25, 0.3) is 0 Å². The van der Waals surface area contributed by atoms with Crippen LogP contribution in [0.2, 0.25) is 0 Å². The Labute approximate surface area is 98.1 Å². The van der Waals surface area contributed by atoms with Gasteiger partial charge in [0.2, 0.25) is 5.95 Å². The Morgan fingerprint density at radius 1 is 1.43 bits per heavy atom. The van der Waals surface area contributed by atoms with Crippen LogP contribution >= 0.6 is 22.6 Å². The topological polar surface area (TPSA) is 29.0 Å². The van der Waals surface area contributed by atoms with Crippen molar-refractivity contribution in [3.8, 4) is 0 Å². The molecular formula is C10H14IN3. The van der Waals surface area contributed by atoms with Crippen LogP contribution in [0.3, 0.4) is 0 Å². The molecule has 3 nitrogen and oxygen atoms in total. The molecule has 0 radical (unpaired) electrons. The second-order valence-electron chi connectivity index (χ2n) is 3.89. The first kappa shape index (κ1) is 10.1. The van der Waals surface area contributed by atoms with Crippen molar-refractivity contribution in [3.05, 3.63) is 16.0 Å². The van der Waals surface area contributed by atoms with Gasteiger partial charge in [-0.2, -0.15) is 0 Å². The molecule has 0 bridgehead atoms. The van der Waals surface area contributed by atoms with Crippen LogP contribution < -0.4 is 4.90 Å². The summed E-state index contributed by atoms with van der Waals surface area (Å²) in [6.45, 7) is 2.25. The van der Waals surface area contributed by atoms with Crippen molar-refractivity contribution in [1.82, 2.24) is 9.97 Å². The van der Waals surface area contributed by atoms with E-state index in [0.29, 0.717) is 6.04 Å². The quantitative estimate of drug-likeness (QED) is 0.803. The number of hydrogen-bond donors (Lipinski definition) is 0. The zero-order valence-corrected chi connectivity index (χ0v) is 10.6. The molecule has 1 unspecified atom stereocenters. The van der Waals surface area contributed by atoms with Crippen molar-refractivity contribution < 1.29 is 0 Å². The standard InChI is InChI=1S/C10H14IN3/c1-7(8-3-4-8)14(2)10-12-5-9(11)6-13-10/h5-8H,3-4H2,1-2H3. The van der Waals surface area contributed by atoms with E-state index in [4.69, 9.17) is 0 Å². The molecule has 0 aliphatic heterocycles. The molecule has 76 valence electrons. The Hall–Kier alpha value is -0.390. The minimum Gasteiger partial charge on any atom is -0.341 e. The summed E-state index contributed by atoms with van der Waals surface area (Å²) in [5.41, 5.74) is 0. The van der Waals surface area contributed by atoms with Gasteiger partial charge in [0, 0.05) is 29.1 Å². The summed E-state index contributed by atoms with van der Waals surface area (Å²) < 4.78 is 1.08. The molecule has 0 saturated heterocycles. The van der Waals surface area contributed by atoms with Crippen molar-refractivity contribution in [2.45, 2.75) is 25.8 Å². The fourth-order valence-corrected chi connectivity index (χ4v) is 1.84. The number of halogens is 1. The molecule has 2 rings (SSSR count). The van der Waals surface area contributed by atoms with Crippen molar-refractivity contribution in [1.29, 1.82) is 0 Å². The molecule has 0 N–H and O–H groups in total. The maximum atomic E-state index is 4.32. The first-order valence-corrected chi connectivity index (χ1v) is 5.96. The predicted molar refractivity (Wildman–Crippen MR) is 65.3 cm³/mol. The smallest absolute Gasteiger partial charge is 0.225 e. The Kier molecular flexibility index (Phi) is 2.90. The molecule has 0 amide bonds. The van der Waals surface area contributed by atoms with E-state index in [1.807, 2.05) is 12.4 Å². The lowest BCUT2D eigenvalue weighted by atomic mass is 10.2. The fourth-order valence-electron chi connectivity index (χ4n) is 1.56. The molecule has 0 spiro atoms. The van der Waals surface area contributed by atoms with E-state index in [1.165, 1.54) is 12.8 Å². The molecule has 0 aromatic carbocycles. The highest BCUT2D eigenvalue weighted by Gasteiger charge is 2.31. The maximum Gasteiger partial charge on any atom is 0.225 e. The zero-order chi connectivity index (χ0) is 10.1. The lowest BCUT2D eigenvalue weighted by Gasteiger charge is -2.24. The van der Waals surface area contributed by atoms with Crippen LogP contribution in [0.5, 0.6) is 0 Å². The molecule has 4 heteroatoms. The van der Waals surface area contributed by atoms with Gasteiger partial charge in [-0.15, -0.1) is 0 Å². The highest BCUT2D eigenvalue weighted by Crippen LogP contribution is 2.35. The SMILES string of the molecule is CC(C1CC1)N(C)c1ncc(I)cn1. The van der Waals surface area contributed by atoms with Gasteiger partial charge in [-0.1, -0.05) is 0 Å². The van der Waals surface area contributed by atoms with Crippen LogP contribution in [0, 0.1) is 9.49 Å².